The molecule has 0 radical (unpaired) electrons. The van der Waals surface area contributed by atoms with E-state index in [1.807, 2.05) is 30.8 Å². The van der Waals surface area contributed by atoms with Crippen molar-refractivity contribution in [2.24, 2.45) is 5.73 Å². The topological polar surface area (TPSA) is 59.1 Å². The number of nitrogens with one attached hydrogen (secondary N) is 1. The van der Waals surface area contributed by atoms with Crippen LogP contribution >= 0.6 is 11.8 Å². The highest BCUT2D eigenvalue weighted by atomic mass is 32.2. The Hall–Kier alpha value is -1.00. The Balaban J connectivity index is 1.97. The minimum absolute atomic E-state index is 0.137. The fourth-order valence-electron chi connectivity index (χ4n) is 1.99. The van der Waals surface area contributed by atoms with Crippen LogP contribution < -0.4 is 5.73 Å². The van der Waals surface area contributed by atoms with Crippen molar-refractivity contribution in [1.82, 2.24) is 0 Å². The van der Waals surface area contributed by atoms with Crippen molar-refractivity contribution in [2.45, 2.75) is 30.8 Å². The first-order chi connectivity index (χ1) is 8.16. The highest BCUT2D eigenvalue weighted by Gasteiger charge is 2.15. The van der Waals surface area contributed by atoms with Gasteiger partial charge >= 0.3 is 0 Å². The summed E-state index contributed by atoms with van der Waals surface area (Å²) in [6.07, 6.45) is 2.78. The van der Waals surface area contributed by atoms with E-state index >= 15 is 0 Å². The predicted molar refractivity (Wildman–Crippen MR) is 71.9 cm³/mol. The molecule has 0 amide bonds. The van der Waals surface area contributed by atoms with Gasteiger partial charge in [-0.1, -0.05) is 0 Å². The molecule has 1 aliphatic rings. The number of ether oxygens (including phenoxy) is 1. The van der Waals surface area contributed by atoms with Gasteiger partial charge in [0.2, 0.25) is 0 Å². The van der Waals surface area contributed by atoms with Crippen LogP contribution in [0.1, 0.15) is 24.0 Å². The summed E-state index contributed by atoms with van der Waals surface area (Å²) in [6, 6.07) is 6.05. The van der Waals surface area contributed by atoms with Crippen LogP contribution in [0.15, 0.2) is 23.1 Å². The molecule has 0 aliphatic carbocycles. The molecule has 2 rings (SSSR count). The standard InChI is InChI=1S/C13H18N2OS/c1-9-7-11(4-5-12(9)13(14)15)17-8-10-3-2-6-16-10/h4-5,7,10H,2-3,6,8H2,1H3,(H3,14,15). The van der Waals surface area contributed by atoms with E-state index < -0.39 is 0 Å². The van der Waals surface area contributed by atoms with Gasteiger partial charge in [0.25, 0.3) is 0 Å². The molecule has 3 nitrogen and oxygen atoms in total. The lowest BCUT2D eigenvalue weighted by atomic mass is 10.1. The van der Waals surface area contributed by atoms with Crippen molar-refractivity contribution in [2.75, 3.05) is 12.4 Å². The van der Waals surface area contributed by atoms with E-state index in [0.717, 1.165) is 23.5 Å². The van der Waals surface area contributed by atoms with E-state index in [9.17, 15) is 0 Å². The van der Waals surface area contributed by atoms with Crippen LogP contribution in [0.5, 0.6) is 0 Å². The third kappa shape index (κ3) is 3.23. The summed E-state index contributed by atoms with van der Waals surface area (Å²) in [7, 11) is 0. The van der Waals surface area contributed by atoms with E-state index in [-0.39, 0.29) is 5.84 Å². The Morgan fingerprint density at radius 3 is 3.00 bits per heavy atom. The van der Waals surface area contributed by atoms with Crippen molar-refractivity contribution in [1.29, 1.82) is 5.41 Å². The Labute approximate surface area is 106 Å². The number of rotatable bonds is 4. The molecule has 1 atom stereocenters. The average molecular weight is 250 g/mol. The summed E-state index contributed by atoms with van der Waals surface area (Å²) in [4.78, 5) is 1.23. The van der Waals surface area contributed by atoms with Crippen molar-refractivity contribution in [3.8, 4) is 0 Å². The van der Waals surface area contributed by atoms with Crippen LogP contribution in [0, 0.1) is 12.3 Å². The van der Waals surface area contributed by atoms with Crippen LogP contribution in [-0.4, -0.2) is 24.3 Å². The second-order valence-electron chi connectivity index (χ2n) is 4.34. The lowest BCUT2D eigenvalue weighted by Crippen LogP contribution is -2.12. The Bertz CT molecular complexity index is 414. The van der Waals surface area contributed by atoms with Gasteiger partial charge in [-0.05, 0) is 43.5 Å². The molecule has 17 heavy (non-hydrogen) atoms. The monoisotopic (exact) mass is 250 g/mol. The van der Waals surface area contributed by atoms with E-state index in [0.29, 0.717) is 6.10 Å². The smallest absolute Gasteiger partial charge is 0.123 e. The second-order valence-corrected chi connectivity index (χ2v) is 5.43. The molecule has 3 N–H and O–H groups in total. The summed E-state index contributed by atoms with van der Waals surface area (Å²) in [5.74, 6) is 1.15. The quantitative estimate of drug-likeness (QED) is 0.490. The van der Waals surface area contributed by atoms with E-state index in [4.69, 9.17) is 15.9 Å². The molecule has 92 valence electrons. The normalized spacial score (nSPS) is 19.5. The van der Waals surface area contributed by atoms with E-state index in [1.165, 1.54) is 17.7 Å². The van der Waals surface area contributed by atoms with Gasteiger partial charge in [0.15, 0.2) is 0 Å². The zero-order valence-corrected chi connectivity index (χ0v) is 10.8. The summed E-state index contributed by atoms with van der Waals surface area (Å²) in [6.45, 7) is 2.90. The number of benzene rings is 1. The van der Waals surface area contributed by atoms with E-state index in [2.05, 4.69) is 6.07 Å². The molecular formula is C13H18N2OS. The lowest BCUT2D eigenvalue weighted by Gasteiger charge is -2.10. The Morgan fingerprint density at radius 1 is 1.59 bits per heavy atom. The van der Waals surface area contributed by atoms with Gasteiger partial charge < -0.3 is 10.5 Å². The third-order valence-corrected chi connectivity index (χ3v) is 4.07. The van der Waals surface area contributed by atoms with Crippen LogP contribution in [0.2, 0.25) is 0 Å². The Kier molecular flexibility index (Phi) is 4.07. The molecule has 1 fully saturated rings. The molecule has 1 aliphatic heterocycles. The summed E-state index contributed by atoms with van der Waals surface area (Å²) in [5, 5.41) is 7.44. The molecule has 1 heterocycles. The molecule has 1 saturated heterocycles. The molecule has 0 spiro atoms. The number of aryl methyl sites for hydroxylation is 1. The lowest BCUT2D eigenvalue weighted by molar-refractivity contribution is 0.129. The van der Waals surface area contributed by atoms with Gasteiger partial charge in [-0.2, -0.15) is 0 Å². The fraction of sp³-hybridized carbons (Fsp3) is 0.462. The molecule has 1 unspecified atom stereocenters. The first-order valence-corrected chi connectivity index (χ1v) is 6.85. The molecule has 0 aromatic heterocycles. The Morgan fingerprint density at radius 2 is 2.41 bits per heavy atom. The number of hydrogen-bond acceptors (Lipinski definition) is 3. The van der Waals surface area contributed by atoms with E-state index in [1.54, 1.807) is 0 Å². The first-order valence-electron chi connectivity index (χ1n) is 5.86. The zero-order valence-electron chi connectivity index (χ0n) is 10.0. The summed E-state index contributed by atoms with van der Waals surface area (Å²) >= 11 is 1.82. The van der Waals surface area contributed by atoms with Crippen LogP contribution in [-0.2, 0) is 4.74 Å². The molecule has 1 aromatic rings. The largest absolute Gasteiger partial charge is 0.384 e. The minimum atomic E-state index is 0.137. The molecule has 0 bridgehead atoms. The fourth-order valence-corrected chi connectivity index (χ4v) is 3.06. The van der Waals surface area contributed by atoms with Crippen LogP contribution in [0.3, 0.4) is 0 Å². The summed E-state index contributed by atoms with van der Waals surface area (Å²) in [5.41, 5.74) is 7.38. The van der Waals surface area contributed by atoms with Gasteiger partial charge in [0.05, 0.1) is 6.10 Å². The predicted octanol–water partition coefficient (Wildman–Crippen LogP) is 2.55. The van der Waals surface area contributed by atoms with Crippen molar-refractivity contribution in [3.63, 3.8) is 0 Å². The van der Waals surface area contributed by atoms with Gasteiger partial charge in [-0.25, -0.2) is 0 Å². The number of amidine groups is 1. The average Bonchev–Trinajstić information content (AvgIpc) is 2.78. The summed E-state index contributed by atoms with van der Waals surface area (Å²) < 4.78 is 5.59. The molecule has 4 heteroatoms. The first kappa shape index (κ1) is 12.5. The number of nitrogens with two attached hydrogens (primary N) is 1. The third-order valence-electron chi connectivity index (χ3n) is 2.95. The minimum Gasteiger partial charge on any atom is -0.384 e. The van der Waals surface area contributed by atoms with Crippen molar-refractivity contribution in [3.05, 3.63) is 29.3 Å². The van der Waals surface area contributed by atoms with Crippen molar-refractivity contribution >= 4 is 17.6 Å². The number of hydrogen-bond donors (Lipinski definition) is 2. The molecular weight excluding hydrogens is 232 g/mol. The highest BCUT2D eigenvalue weighted by molar-refractivity contribution is 7.99. The maximum Gasteiger partial charge on any atom is 0.123 e. The highest BCUT2D eigenvalue weighted by Crippen LogP contribution is 2.25. The van der Waals surface area contributed by atoms with Gasteiger partial charge in [0.1, 0.15) is 5.84 Å². The van der Waals surface area contributed by atoms with Crippen LogP contribution in [0.25, 0.3) is 0 Å². The zero-order chi connectivity index (χ0) is 12.3. The molecule has 1 aromatic carbocycles. The van der Waals surface area contributed by atoms with Crippen LogP contribution in [0.4, 0.5) is 0 Å². The number of thioether (sulfide) groups is 1. The molecule has 0 saturated carbocycles. The van der Waals surface area contributed by atoms with Gasteiger partial charge in [0, 0.05) is 22.8 Å². The van der Waals surface area contributed by atoms with Gasteiger partial charge in [-0.3, -0.25) is 5.41 Å². The second kappa shape index (κ2) is 5.56. The maximum absolute atomic E-state index is 7.44. The van der Waals surface area contributed by atoms with Crippen molar-refractivity contribution < 1.29 is 4.74 Å². The van der Waals surface area contributed by atoms with Gasteiger partial charge in [-0.15, -0.1) is 11.8 Å². The number of nitrogen functional groups attached to an aromatic ring is 1. The maximum atomic E-state index is 7.44. The SMILES string of the molecule is Cc1cc(SCC2CCCO2)ccc1C(=N)N.